The highest BCUT2D eigenvalue weighted by Crippen LogP contribution is 2.22. The maximum atomic E-state index is 12.2. The van der Waals surface area contributed by atoms with Crippen molar-refractivity contribution in [3.63, 3.8) is 0 Å². The second kappa shape index (κ2) is 6.69. The molecular formula is C14H15F3N2O3S. The van der Waals surface area contributed by atoms with Crippen LogP contribution in [0.1, 0.15) is 30.6 Å². The van der Waals surface area contributed by atoms with Gasteiger partial charge in [0.15, 0.2) is 15.7 Å². The fourth-order valence-corrected chi connectivity index (χ4v) is 3.13. The van der Waals surface area contributed by atoms with Gasteiger partial charge in [-0.15, -0.1) is 0 Å². The lowest BCUT2D eigenvalue weighted by Crippen LogP contribution is -2.09. The molecule has 0 aliphatic carbocycles. The maximum Gasteiger partial charge on any atom is 0.389 e. The second-order valence-corrected chi connectivity index (χ2v) is 7.15. The van der Waals surface area contributed by atoms with E-state index in [-0.39, 0.29) is 35.2 Å². The summed E-state index contributed by atoms with van der Waals surface area (Å²) in [6.45, 7) is 1.54. The van der Waals surface area contributed by atoms with E-state index in [2.05, 4.69) is 10.1 Å². The number of aromatic nitrogens is 2. The first-order chi connectivity index (χ1) is 10.7. The van der Waals surface area contributed by atoms with Gasteiger partial charge in [0.1, 0.15) is 0 Å². The van der Waals surface area contributed by atoms with E-state index in [9.17, 15) is 21.6 Å². The Hall–Kier alpha value is -1.90. The molecule has 9 heteroatoms. The standard InChI is InChI=1S/C14H15F3N2O3S/c1-2-23(20,21)11-6-4-3-5-10(11)9-13-18-12(19-22-13)7-8-14(15,16)17/h3-6H,2,7-9H2,1H3. The fourth-order valence-electron chi connectivity index (χ4n) is 1.99. The average Bonchev–Trinajstić information content (AvgIpc) is 2.92. The number of benzene rings is 1. The van der Waals surface area contributed by atoms with Crippen LogP contribution >= 0.6 is 0 Å². The summed E-state index contributed by atoms with van der Waals surface area (Å²) in [5.74, 6) is -0.0147. The Morgan fingerprint density at radius 2 is 1.91 bits per heavy atom. The van der Waals surface area contributed by atoms with Crippen LogP contribution < -0.4 is 0 Å². The molecule has 2 rings (SSSR count). The molecule has 0 saturated heterocycles. The molecule has 0 atom stereocenters. The van der Waals surface area contributed by atoms with Crippen molar-refractivity contribution in [2.24, 2.45) is 0 Å². The SMILES string of the molecule is CCS(=O)(=O)c1ccccc1Cc1nc(CCC(F)(F)F)no1. The first kappa shape index (κ1) is 17.5. The Kier molecular flexibility index (Phi) is 5.08. The largest absolute Gasteiger partial charge is 0.389 e. The van der Waals surface area contributed by atoms with Gasteiger partial charge < -0.3 is 4.52 Å². The van der Waals surface area contributed by atoms with Crippen molar-refractivity contribution < 1.29 is 26.1 Å². The third-order valence-electron chi connectivity index (χ3n) is 3.17. The van der Waals surface area contributed by atoms with Crippen molar-refractivity contribution in [2.45, 2.75) is 37.3 Å². The van der Waals surface area contributed by atoms with Crippen molar-refractivity contribution in [3.8, 4) is 0 Å². The van der Waals surface area contributed by atoms with Crippen LogP contribution in [-0.2, 0) is 22.7 Å². The zero-order chi connectivity index (χ0) is 17.1. The maximum absolute atomic E-state index is 12.2. The van der Waals surface area contributed by atoms with Crippen LogP contribution in [0, 0.1) is 0 Å². The van der Waals surface area contributed by atoms with E-state index in [1.54, 1.807) is 18.2 Å². The molecule has 5 nitrogen and oxygen atoms in total. The monoisotopic (exact) mass is 348 g/mol. The highest BCUT2D eigenvalue weighted by Gasteiger charge is 2.27. The van der Waals surface area contributed by atoms with Gasteiger partial charge in [0, 0.05) is 6.42 Å². The molecule has 0 aliphatic heterocycles. The van der Waals surface area contributed by atoms with Crippen LogP contribution in [0.3, 0.4) is 0 Å². The molecule has 1 aromatic carbocycles. The molecule has 1 aromatic heterocycles. The van der Waals surface area contributed by atoms with Gasteiger partial charge in [-0.1, -0.05) is 30.3 Å². The molecule has 126 valence electrons. The highest BCUT2D eigenvalue weighted by atomic mass is 32.2. The molecule has 0 aliphatic rings. The second-order valence-electron chi connectivity index (χ2n) is 4.91. The van der Waals surface area contributed by atoms with E-state index in [0.29, 0.717) is 5.56 Å². The van der Waals surface area contributed by atoms with Gasteiger partial charge in [-0.2, -0.15) is 18.2 Å². The third-order valence-corrected chi connectivity index (χ3v) is 5.00. The molecule has 0 N–H and O–H groups in total. The van der Waals surface area contributed by atoms with E-state index in [1.165, 1.54) is 13.0 Å². The summed E-state index contributed by atoms with van der Waals surface area (Å²) in [6.07, 6.45) is -5.65. The number of aryl methyl sites for hydroxylation is 1. The lowest BCUT2D eigenvalue weighted by molar-refractivity contribution is -0.134. The molecule has 0 amide bonds. The third kappa shape index (κ3) is 4.78. The minimum Gasteiger partial charge on any atom is -0.339 e. The predicted molar refractivity (Wildman–Crippen MR) is 75.6 cm³/mol. The molecule has 0 bridgehead atoms. The summed E-state index contributed by atoms with van der Waals surface area (Å²) in [5, 5.41) is 3.49. The first-order valence-corrected chi connectivity index (χ1v) is 8.55. The summed E-state index contributed by atoms with van der Waals surface area (Å²) >= 11 is 0. The smallest absolute Gasteiger partial charge is 0.339 e. The first-order valence-electron chi connectivity index (χ1n) is 6.90. The number of hydrogen-bond donors (Lipinski definition) is 0. The summed E-state index contributed by atoms with van der Waals surface area (Å²) < 4.78 is 65.5. The zero-order valence-corrected chi connectivity index (χ0v) is 13.1. The Bertz CT molecular complexity index is 770. The lowest BCUT2D eigenvalue weighted by atomic mass is 10.1. The lowest BCUT2D eigenvalue weighted by Gasteiger charge is -2.06. The summed E-state index contributed by atoms with van der Waals surface area (Å²) in [5.41, 5.74) is 0.473. The minimum atomic E-state index is -4.29. The highest BCUT2D eigenvalue weighted by molar-refractivity contribution is 7.91. The van der Waals surface area contributed by atoms with Crippen LogP contribution in [0.4, 0.5) is 13.2 Å². The van der Waals surface area contributed by atoms with Crippen molar-refractivity contribution >= 4 is 9.84 Å². The van der Waals surface area contributed by atoms with Crippen molar-refractivity contribution in [2.75, 3.05) is 5.75 Å². The minimum absolute atomic E-state index is 0.0480. The van der Waals surface area contributed by atoms with Gasteiger partial charge in [-0.25, -0.2) is 8.42 Å². The molecule has 0 spiro atoms. The predicted octanol–water partition coefficient (Wildman–Crippen LogP) is 2.95. The van der Waals surface area contributed by atoms with Crippen molar-refractivity contribution in [3.05, 3.63) is 41.5 Å². The number of halogens is 3. The van der Waals surface area contributed by atoms with E-state index in [0.717, 1.165) is 0 Å². The number of alkyl halides is 3. The number of nitrogens with zero attached hydrogens (tertiary/aromatic N) is 2. The van der Waals surface area contributed by atoms with Crippen molar-refractivity contribution in [1.29, 1.82) is 0 Å². The molecule has 23 heavy (non-hydrogen) atoms. The summed E-state index contributed by atoms with van der Waals surface area (Å²) in [6, 6.07) is 6.37. The van der Waals surface area contributed by atoms with Crippen LogP contribution in [-0.4, -0.2) is 30.5 Å². The van der Waals surface area contributed by atoms with Gasteiger partial charge in [-0.05, 0) is 11.6 Å². The van der Waals surface area contributed by atoms with Gasteiger partial charge in [0.25, 0.3) is 0 Å². The molecule has 2 aromatic rings. The van der Waals surface area contributed by atoms with Gasteiger partial charge in [0.2, 0.25) is 5.89 Å². The van der Waals surface area contributed by atoms with Gasteiger partial charge >= 0.3 is 6.18 Å². The number of sulfone groups is 1. The molecule has 0 radical (unpaired) electrons. The number of hydrogen-bond acceptors (Lipinski definition) is 5. The van der Waals surface area contributed by atoms with E-state index < -0.39 is 22.4 Å². The summed E-state index contributed by atoms with van der Waals surface area (Å²) in [7, 11) is -3.41. The Morgan fingerprint density at radius 1 is 1.22 bits per heavy atom. The summed E-state index contributed by atoms with van der Waals surface area (Å²) in [4.78, 5) is 4.05. The van der Waals surface area contributed by atoms with Crippen LogP contribution in [0.15, 0.2) is 33.7 Å². The van der Waals surface area contributed by atoms with Crippen LogP contribution in [0.2, 0.25) is 0 Å². The van der Waals surface area contributed by atoms with Crippen LogP contribution in [0.25, 0.3) is 0 Å². The molecule has 0 saturated carbocycles. The number of rotatable bonds is 6. The Labute approximate surface area is 131 Å². The average molecular weight is 348 g/mol. The molecule has 1 heterocycles. The molecular weight excluding hydrogens is 333 g/mol. The molecule has 0 fully saturated rings. The molecule has 0 unspecified atom stereocenters. The Morgan fingerprint density at radius 3 is 2.57 bits per heavy atom. The fraction of sp³-hybridized carbons (Fsp3) is 0.429. The van der Waals surface area contributed by atoms with Crippen LogP contribution in [0.5, 0.6) is 0 Å². The normalized spacial score (nSPS) is 12.5. The van der Waals surface area contributed by atoms with E-state index in [1.807, 2.05) is 0 Å². The zero-order valence-electron chi connectivity index (χ0n) is 12.3. The van der Waals surface area contributed by atoms with Gasteiger partial charge in [0.05, 0.1) is 23.5 Å². The topological polar surface area (TPSA) is 73.1 Å². The van der Waals surface area contributed by atoms with Gasteiger partial charge in [-0.3, -0.25) is 0 Å². The van der Waals surface area contributed by atoms with E-state index >= 15 is 0 Å². The Balaban J connectivity index is 2.17. The quantitative estimate of drug-likeness (QED) is 0.802. The van der Waals surface area contributed by atoms with Crippen molar-refractivity contribution in [1.82, 2.24) is 10.1 Å². The van der Waals surface area contributed by atoms with E-state index in [4.69, 9.17) is 4.52 Å².